The minimum absolute atomic E-state index is 0.0697. The summed E-state index contributed by atoms with van der Waals surface area (Å²) < 4.78 is 11.5. The van der Waals surface area contributed by atoms with Gasteiger partial charge in [-0.15, -0.1) is 10.2 Å². The van der Waals surface area contributed by atoms with E-state index in [4.69, 9.17) is 8.83 Å². The number of aryl methyl sites for hydroxylation is 1. The monoisotopic (exact) mass is 495 g/mol. The first-order chi connectivity index (χ1) is 17.9. The third kappa shape index (κ3) is 4.84. The molecule has 9 nitrogen and oxygen atoms in total. The molecule has 37 heavy (non-hydrogen) atoms. The van der Waals surface area contributed by atoms with Crippen LogP contribution >= 0.6 is 0 Å². The van der Waals surface area contributed by atoms with Gasteiger partial charge in [0.2, 0.25) is 12.3 Å². The molecule has 0 aliphatic rings. The van der Waals surface area contributed by atoms with Crippen LogP contribution in [-0.2, 0) is 6.54 Å². The number of amides is 1. The molecule has 0 unspecified atom stereocenters. The average Bonchev–Trinajstić information content (AvgIpc) is 3.44. The number of carbonyl (C=O) groups is 1. The molecule has 186 valence electrons. The summed E-state index contributed by atoms with van der Waals surface area (Å²) in [6, 6.07) is 16.6. The van der Waals surface area contributed by atoms with Crippen LogP contribution in [0.5, 0.6) is 0 Å². The van der Waals surface area contributed by atoms with Crippen LogP contribution in [0.15, 0.2) is 80.8 Å². The van der Waals surface area contributed by atoms with Crippen LogP contribution in [0.1, 0.15) is 46.0 Å². The number of anilines is 1. The Balaban J connectivity index is 1.51. The Bertz CT molecular complexity index is 1630. The molecular weight excluding hydrogens is 470 g/mol. The van der Waals surface area contributed by atoms with Crippen molar-refractivity contribution in [2.24, 2.45) is 0 Å². The van der Waals surface area contributed by atoms with Gasteiger partial charge < -0.3 is 19.5 Å². The summed E-state index contributed by atoms with van der Waals surface area (Å²) in [7, 11) is 0. The number of benzene rings is 2. The fourth-order valence-electron chi connectivity index (χ4n) is 4.28. The quantitative estimate of drug-likeness (QED) is 0.325. The topological polar surface area (TPSA) is 123 Å². The Labute approximate surface area is 212 Å². The van der Waals surface area contributed by atoms with E-state index in [0.29, 0.717) is 28.0 Å². The van der Waals surface area contributed by atoms with Crippen LogP contribution in [0.2, 0.25) is 0 Å². The highest BCUT2D eigenvalue weighted by Crippen LogP contribution is 2.32. The van der Waals surface area contributed by atoms with E-state index in [0.717, 1.165) is 16.7 Å². The van der Waals surface area contributed by atoms with Gasteiger partial charge >= 0.3 is 0 Å². The molecule has 9 heteroatoms. The first-order valence-corrected chi connectivity index (χ1v) is 11.8. The lowest BCUT2D eigenvalue weighted by Crippen LogP contribution is -2.25. The summed E-state index contributed by atoms with van der Waals surface area (Å²) >= 11 is 0. The molecule has 0 spiro atoms. The van der Waals surface area contributed by atoms with Crippen LogP contribution in [0, 0.1) is 13.8 Å². The number of rotatable bonds is 7. The summed E-state index contributed by atoms with van der Waals surface area (Å²) in [5.41, 5.74) is 4.30. The number of pyridine rings is 1. The second-order valence-electron chi connectivity index (χ2n) is 8.76. The van der Waals surface area contributed by atoms with Crippen molar-refractivity contribution in [1.82, 2.24) is 20.5 Å². The molecule has 2 aromatic carbocycles. The number of fused-ring (bicyclic) bond motifs is 1. The molecule has 0 saturated carbocycles. The molecule has 0 bridgehead atoms. The lowest BCUT2D eigenvalue weighted by Gasteiger charge is -2.20. The number of nitrogens with one attached hydrogen (secondary N) is 2. The van der Waals surface area contributed by atoms with E-state index in [1.807, 2.05) is 56.3 Å². The largest absolute Gasteiger partial charge is 0.455 e. The zero-order chi connectivity index (χ0) is 25.9. The molecule has 0 fully saturated rings. The van der Waals surface area contributed by atoms with Crippen LogP contribution in [0.4, 0.5) is 5.69 Å². The van der Waals surface area contributed by atoms with E-state index in [2.05, 4.69) is 25.8 Å². The smallest absolute Gasteiger partial charge is 0.272 e. The molecule has 0 radical (unpaired) electrons. The molecule has 0 saturated heterocycles. The molecule has 3 heterocycles. The molecular formula is C28H25N5O4. The van der Waals surface area contributed by atoms with Gasteiger partial charge in [0.1, 0.15) is 11.3 Å². The number of hydrogen-bond donors (Lipinski definition) is 2. The third-order valence-corrected chi connectivity index (χ3v) is 6.09. The van der Waals surface area contributed by atoms with Gasteiger partial charge in [0.25, 0.3) is 5.91 Å². The maximum atomic E-state index is 13.4. The van der Waals surface area contributed by atoms with Gasteiger partial charge in [0, 0.05) is 22.9 Å². The van der Waals surface area contributed by atoms with Crippen molar-refractivity contribution in [3.63, 3.8) is 0 Å². The van der Waals surface area contributed by atoms with Crippen molar-refractivity contribution in [2.75, 3.05) is 5.32 Å². The zero-order valence-corrected chi connectivity index (χ0v) is 20.6. The summed E-state index contributed by atoms with van der Waals surface area (Å²) in [6.07, 6.45) is 2.75. The standard InChI is InChI=1S/C28H25N5O4/c1-16-12-20(27-21(13-16)25(34)17(2)26(37-27)19-8-5-4-6-9-19)18(3)32-22-10-7-11-29-24(22)28(35)30-14-23-33-31-15-36-23/h4-13,15,18,32H,14H2,1-3H3,(H,30,35)/t18-/m1/s1. The minimum Gasteiger partial charge on any atom is -0.455 e. The number of carbonyl (C=O) groups excluding carboxylic acids is 1. The van der Waals surface area contributed by atoms with Crippen molar-refractivity contribution >= 4 is 22.6 Å². The van der Waals surface area contributed by atoms with Gasteiger partial charge in [-0.1, -0.05) is 36.4 Å². The van der Waals surface area contributed by atoms with Crippen molar-refractivity contribution in [1.29, 1.82) is 0 Å². The van der Waals surface area contributed by atoms with Crippen LogP contribution in [-0.4, -0.2) is 21.1 Å². The SMILES string of the molecule is Cc1cc([C@@H](C)Nc2cccnc2C(=O)NCc2nnco2)c2oc(-c3ccccc3)c(C)c(=O)c2c1. The Morgan fingerprint density at radius 2 is 1.89 bits per heavy atom. The fourth-order valence-corrected chi connectivity index (χ4v) is 4.28. The second-order valence-corrected chi connectivity index (χ2v) is 8.76. The Hall–Kier alpha value is -4.79. The van der Waals surface area contributed by atoms with E-state index in [9.17, 15) is 9.59 Å². The molecule has 5 rings (SSSR count). The van der Waals surface area contributed by atoms with Gasteiger partial charge in [-0.25, -0.2) is 4.98 Å². The highest BCUT2D eigenvalue weighted by Gasteiger charge is 2.21. The summed E-state index contributed by atoms with van der Waals surface area (Å²) in [5.74, 6) is 0.437. The van der Waals surface area contributed by atoms with E-state index in [-0.39, 0.29) is 29.6 Å². The second kappa shape index (κ2) is 10.1. The van der Waals surface area contributed by atoms with Crippen LogP contribution < -0.4 is 16.1 Å². The fraction of sp³-hybridized carbons (Fsp3) is 0.179. The molecule has 2 N–H and O–H groups in total. The molecule has 1 atom stereocenters. The summed E-state index contributed by atoms with van der Waals surface area (Å²) in [6.45, 7) is 5.76. The normalized spacial score (nSPS) is 11.9. The molecule has 1 amide bonds. The third-order valence-electron chi connectivity index (χ3n) is 6.09. The van der Waals surface area contributed by atoms with Crippen molar-refractivity contribution in [3.05, 3.63) is 106 Å². The molecule has 3 aromatic heterocycles. The Morgan fingerprint density at radius 3 is 2.65 bits per heavy atom. The highest BCUT2D eigenvalue weighted by molar-refractivity contribution is 5.97. The predicted molar refractivity (Wildman–Crippen MR) is 139 cm³/mol. The van der Waals surface area contributed by atoms with Crippen LogP contribution in [0.25, 0.3) is 22.3 Å². The van der Waals surface area contributed by atoms with Gasteiger partial charge in [-0.2, -0.15) is 0 Å². The van der Waals surface area contributed by atoms with Crippen molar-refractivity contribution in [2.45, 2.75) is 33.4 Å². The predicted octanol–water partition coefficient (Wildman–Crippen LogP) is 4.96. The minimum atomic E-state index is -0.392. The van der Waals surface area contributed by atoms with Gasteiger partial charge in [0.05, 0.1) is 23.7 Å². The van der Waals surface area contributed by atoms with E-state index < -0.39 is 5.91 Å². The van der Waals surface area contributed by atoms with Gasteiger partial charge in [-0.05, 0) is 44.5 Å². The van der Waals surface area contributed by atoms with E-state index >= 15 is 0 Å². The van der Waals surface area contributed by atoms with Gasteiger partial charge in [-0.3, -0.25) is 9.59 Å². The van der Waals surface area contributed by atoms with E-state index in [1.54, 1.807) is 25.3 Å². The molecule has 0 aliphatic heterocycles. The number of nitrogens with zero attached hydrogens (tertiary/aromatic N) is 3. The Kier molecular flexibility index (Phi) is 6.51. The molecule has 0 aliphatic carbocycles. The van der Waals surface area contributed by atoms with Crippen LogP contribution in [0.3, 0.4) is 0 Å². The molecule has 5 aromatic rings. The summed E-state index contributed by atoms with van der Waals surface area (Å²) in [5, 5.41) is 14.0. The first-order valence-electron chi connectivity index (χ1n) is 11.8. The number of hydrogen-bond acceptors (Lipinski definition) is 8. The zero-order valence-electron chi connectivity index (χ0n) is 20.6. The van der Waals surface area contributed by atoms with E-state index in [1.165, 1.54) is 6.39 Å². The lowest BCUT2D eigenvalue weighted by atomic mass is 9.98. The lowest BCUT2D eigenvalue weighted by molar-refractivity contribution is 0.0943. The Morgan fingerprint density at radius 1 is 1.08 bits per heavy atom. The van der Waals surface area contributed by atoms with Crippen molar-refractivity contribution in [3.8, 4) is 11.3 Å². The average molecular weight is 496 g/mol. The number of aromatic nitrogens is 3. The maximum absolute atomic E-state index is 13.4. The van der Waals surface area contributed by atoms with Gasteiger partial charge in [0.15, 0.2) is 11.1 Å². The first kappa shape index (κ1) is 23.9. The van der Waals surface area contributed by atoms with Crippen molar-refractivity contribution < 1.29 is 13.6 Å². The summed E-state index contributed by atoms with van der Waals surface area (Å²) in [4.78, 5) is 30.5. The maximum Gasteiger partial charge on any atom is 0.272 e. The highest BCUT2D eigenvalue weighted by atomic mass is 16.4.